The first-order valence-electron chi connectivity index (χ1n) is 8.20. The molecule has 0 saturated carbocycles. The highest BCUT2D eigenvalue weighted by Gasteiger charge is 2.23. The van der Waals surface area contributed by atoms with Gasteiger partial charge in [-0.25, -0.2) is 4.98 Å². The summed E-state index contributed by atoms with van der Waals surface area (Å²) in [5.41, 5.74) is 4.51. The standard InChI is InChI=1S/C19H23N3O2/c1-14-5-4-6-17(15(14)2)21-9-11-22(12-10-21)19(23)16-7-8-20-18(13-16)24-3/h4-8,13H,9-12H2,1-3H3. The number of carbonyl (C=O) groups is 1. The zero-order valence-electron chi connectivity index (χ0n) is 14.5. The lowest BCUT2D eigenvalue weighted by atomic mass is 10.1. The average molecular weight is 325 g/mol. The topological polar surface area (TPSA) is 45.7 Å². The Balaban J connectivity index is 1.68. The predicted molar refractivity (Wildman–Crippen MR) is 94.8 cm³/mol. The van der Waals surface area contributed by atoms with Crippen molar-refractivity contribution < 1.29 is 9.53 Å². The van der Waals surface area contributed by atoms with Gasteiger partial charge in [-0.2, -0.15) is 0 Å². The minimum Gasteiger partial charge on any atom is -0.481 e. The van der Waals surface area contributed by atoms with Crippen LogP contribution in [-0.2, 0) is 0 Å². The number of amides is 1. The van der Waals surface area contributed by atoms with Crippen molar-refractivity contribution >= 4 is 11.6 Å². The number of aryl methyl sites for hydroxylation is 1. The van der Waals surface area contributed by atoms with Crippen LogP contribution >= 0.6 is 0 Å². The number of benzene rings is 1. The number of methoxy groups -OCH3 is 1. The lowest BCUT2D eigenvalue weighted by Crippen LogP contribution is -2.49. The van der Waals surface area contributed by atoms with Crippen molar-refractivity contribution in [3.05, 3.63) is 53.2 Å². The van der Waals surface area contributed by atoms with Crippen LogP contribution in [-0.4, -0.2) is 49.1 Å². The number of nitrogens with zero attached hydrogens (tertiary/aromatic N) is 3. The van der Waals surface area contributed by atoms with E-state index < -0.39 is 0 Å². The summed E-state index contributed by atoms with van der Waals surface area (Å²) in [6.45, 7) is 7.42. The van der Waals surface area contributed by atoms with Crippen LogP contribution in [0.1, 0.15) is 21.5 Å². The second-order valence-electron chi connectivity index (χ2n) is 6.09. The average Bonchev–Trinajstić information content (AvgIpc) is 2.63. The Morgan fingerprint density at radius 1 is 1.12 bits per heavy atom. The van der Waals surface area contributed by atoms with Gasteiger partial charge in [-0.1, -0.05) is 12.1 Å². The number of piperazine rings is 1. The summed E-state index contributed by atoms with van der Waals surface area (Å²) in [5.74, 6) is 0.506. The molecule has 0 spiro atoms. The fraction of sp³-hybridized carbons (Fsp3) is 0.368. The van der Waals surface area contributed by atoms with Gasteiger partial charge < -0.3 is 14.5 Å². The smallest absolute Gasteiger partial charge is 0.254 e. The summed E-state index contributed by atoms with van der Waals surface area (Å²) in [4.78, 5) is 21.0. The summed E-state index contributed by atoms with van der Waals surface area (Å²) in [6.07, 6.45) is 1.61. The van der Waals surface area contributed by atoms with Gasteiger partial charge in [-0.3, -0.25) is 4.79 Å². The molecular weight excluding hydrogens is 302 g/mol. The second kappa shape index (κ2) is 6.91. The maximum absolute atomic E-state index is 12.7. The summed E-state index contributed by atoms with van der Waals surface area (Å²) < 4.78 is 5.10. The number of pyridine rings is 1. The fourth-order valence-corrected chi connectivity index (χ4v) is 3.07. The molecule has 1 aromatic carbocycles. The molecule has 2 aromatic rings. The van der Waals surface area contributed by atoms with Crippen LogP contribution in [0.15, 0.2) is 36.5 Å². The Morgan fingerprint density at radius 3 is 2.58 bits per heavy atom. The zero-order chi connectivity index (χ0) is 17.1. The number of ether oxygens (including phenoxy) is 1. The van der Waals surface area contributed by atoms with Gasteiger partial charge in [0.1, 0.15) is 0 Å². The molecule has 0 unspecified atom stereocenters. The molecule has 1 aliphatic rings. The molecule has 1 amide bonds. The molecule has 0 aliphatic carbocycles. The molecule has 1 aromatic heterocycles. The van der Waals surface area contributed by atoms with Crippen LogP contribution in [0.4, 0.5) is 5.69 Å². The third-order valence-electron chi connectivity index (χ3n) is 4.67. The van der Waals surface area contributed by atoms with E-state index in [0.29, 0.717) is 11.4 Å². The number of rotatable bonds is 3. The van der Waals surface area contributed by atoms with Crippen LogP contribution in [0, 0.1) is 13.8 Å². The summed E-state index contributed by atoms with van der Waals surface area (Å²) in [5, 5.41) is 0. The summed E-state index contributed by atoms with van der Waals surface area (Å²) >= 11 is 0. The Labute approximate surface area is 142 Å². The van der Waals surface area contributed by atoms with E-state index >= 15 is 0 Å². The van der Waals surface area contributed by atoms with Gasteiger partial charge in [0.15, 0.2) is 0 Å². The minimum absolute atomic E-state index is 0.0383. The number of aromatic nitrogens is 1. The van der Waals surface area contributed by atoms with E-state index in [0.717, 1.165) is 26.2 Å². The van der Waals surface area contributed by atoms with Gasteiger partial charge in [0.25, 0.3) is 5.91 Å². The highest BCUT2D eigenvalue weighted by Crippen LogP contribution is 2.24. The normalized spacial score (nSPS) is 14.6. The molecule has 0 N–H and O–H groups in total. The van der Waals surface area contributed by atoms with Crippen molar-refractivity contribution in [1.29, 1.82) is 0 Å². The molecule has 2 heterocycles. The molecule has 1 saturated heterocycles. The van der Waals surface area contributed by atoms with E-state index in [1.54, 1.807) is 25.4 Å². The molecule has 24 heavy (non-hydrogen) atoms. The van der Waals surface area contributed by atoms with Crippen LogP contribution < -0.4 is 9.64 Å². The predicted octanol–water partition coefficient (Wildman–Crippen LogP) is 2.67. The SMILES string of the molecule is COc1cc(C(=O)N2CCN(c3cccc(C)c3C)CC2)ccn1. The van der Waals surface area contributed by atoms with Crippen LogP contribution in [0.3, 0.4) is 0 Å². The van der Waals surface area contributed by atoms with Crippen molar-refractivity contribution in [3.63, 3.8) is 0 Å². The lowest BCUT2D eigenvalue weighted by Gasteiger charge is -2.37. The molecule has 0 bridgehead atoms. The van der Waals surface area contributed by atoms with Gasteiger partial charge in [0, 0.05) is 49.7 Å². The second-order valence-corrected chi connectivity index (χ2v) is 6.09. The Kier molecular flexibility index (Phi) is 4.69. The van der Waals surface area contributed by atoms with Crippen molar-refractivity contribution in [2.45, 2.75) is 13.8 Å². The Hall–Kier alpha value is -2.56. The van der Waals surface area contributed by atoms with Crippen molar-refractivity contribution in [2.75, 3.05) is 38.2 Å². The molecule has 5 heteroatoms. The Bertz CT molecular complexity index is 737. The first kappa shape index (κ1) is 16.3. The fourth-order valence-electron chi connectivity index (χ4n) is 3.07. The van der Waals surface area contributed by atoms with Crippen LogP contribution in [0.2, 0.25) is 0 Å². The molecule has 1 aliphatic heterocycles. The maximum atomic E-state index is 12.7. The zero-order valence-corrected chi connectivity index (χ0v) is 14.5. The van der Waals surface area contributed by atoms with E-state index in [1.165, 1.54) is 16.8 Å². The third-order valence-corrected chi connectivity index (χ3v) is 4.67. The highest BCUT2D eigenvalue weighted by molar-refractivity contribution is 5.94. The molecule has 126 valence electrons. The molecular formula is C19H23N3O2. The van der Waals surface area contributed by atoms with Crippen molar-refractivity contribution in [3.8, 4) is 5.88 Å². The molecule has 0 radical (unpaired) electrons. The van der Waals surface area contributed by atoms with Gasteiger partial charge >= 0.3 is 0 Å². The van der Waals surface area contributed by atoms with Gasteiger partial charge in [-0.05, 0) is 37.1 Å². The number of hydrogen-bond acceptors (Lipinski definition) is 4. The van der Waals surface area contributed by atoms with Crippen LogP contribution in [0.25, 0.3) is 0 Å². The summed E-state index contributed by atoms with van der Waals surface area (Å²) in [7, 11) is 1.56. The highest BCUT2D eigenvalue weighted by atomic mass is 16.5. The Morgan fingerprint density at radius 2 is 1.88 bits per heavy atom. The molecule has 1 fully saturated rings. The van der Waals surface area contributed by atoms with E-state index in [4.69, 9.17) is 4.74 Å². The third kappa shape index (κ3) is 3.20. The maximum Gasteiger partial charge on any atom is 0.254 e. The largest absolute Gasteiger partial charge is 0.481 e. The monoisotopic (exact) mass is 325 g/mol. The molecule has 3 rings (SSSR count). The van der Waals surface area contributed by atoms with Crippen molar-refractivity contribution in [1.82, 2.24) is 9.88 Å². The first-order chi connectivity index (χ1) is 11.6. The van der Waals surface area contributed by atoms with Gasteiger partial charge in [0.05, 0.1) is 7.11 Å². The van der Waals surface area contributed by atoms with E-state index in [9.17, 15) is 4.79 Å². The van der Waals surface area contributed by atoms with Gasteiger partial charge in [-0.15, -0.1) is 0 Å². The van der Waals surface area contributed by atoms with E-state index in [2.05, 4.69) is 41.9 Å². The lowest BCUT2D eigenvalue weighted by molar-refractivity contribution is 0.0746. The number of hydrogen-bond donors (Lipinski definition) is 0. The van der Waals surface area contributed by atoms with Gasteiger partial charge in [0.2, 0.25) is 5.88 Å². The van der Waals surface area contributed by atoms with Crippen molar-refractivity contribution in [2.24, 2.45) is 0 Å². The number of anilines is 1. The molecule has 0 atom stereocenters. The first-order valence-corrected chi connectivity index (χ1v) is 8.20. The minimum atomic E-state index is 0.0383. The molecule has 5 nitrogen and oxygen atoms in total. The van der Waals surface area contributed by atoms with E-state index in [-0.39, 0.29) is 5.91 Å². The van der Waals surface area contributed by atoms with Crippen LogP contribution in [0.5, 0.6) is 5.88 Å². The number of carbonyl (C=O) groups excluding carboxylic acids is 1. The summed E-state index contributed by atoms with van der Waals surface area (Å²) in [6, 6.07) is 9.82. The van der Waals surface area contributed by atoms with E-state index in [1.807, 2.05) is 4.90 Å². The quantitative estimate of drug-likeness (QED) is 0.870.